The van der Waals surface area contributed by atoms with E-state index in [2.05, 4.69) is 5.32 Å². The minimum Gasteiger partial charge on any atom is -0.480 e. The molecule has 2 rings (SSSR count). The molecular weight excluding hydrogens is 349 g/mol. The van der Waals surface area contributed by atoms with Gasteiger partial charge in [0.1, 0.15) is 17.5 Å². The van der Waals surface area contributed by atoms with Crippen molar-refractivity contribution in [1.82, 2.24) is 5.32 Å². The van der Waals surface area contributed by atoms with E-state index in [4.69, 9.17) is 4.74 Å². The van der Waals surface area contributed by atoms with Crippen molar-refractivity contribution in [3.05, 3.63) is 71.5 Å². The highest BCUT2D eigenvalue weighted by Crippen LogP contribution is 2.26. The number of ether oxygens (including phenoxy) is 1. The van der Waals surface area contributed by atoms with Gasteiger partial charge in [0.05, 0.1) is 0 Å². The first-order chi connectivity index (χ1) is 12.7. The molecule has 0 aliphatic heterocycles. The summed E-state index contributed by atoms with van der Waals surface area (Å²) in [6.45, 7) is 5.14. The van der Waals surface area contributed by atoms with Crippen LogP contribution in [0, 0.1) is 11.7 Å². The first-order valence-electron chi connectivity index (χ1n) is 8.73. The van der Waals surface area contributed by atoms with Crippen molar-refractivity contribution in [3.63, 3.8) is 0 Å². The molecule has 2 aromatic rings. The average Bonchev–Trinajstić information content (AvgIpc) is 2.62. The predicted octanol–water partition coefficient (Wildman–Crippen LogP) is 4.34. The second-order valence-electron chi connectivity index (χ2n) is 7.01. The lowest BCUT2D eigenvalue weighted by molar-refractivity contribution is -0.144. The third-order valence-electron chi connectivity index (χ3n) is 4.32. The maximum absolute atomic E-state index is 13.9. The summed E-state index contributed by atoms with van der Waals surface area (Å²) in [4.78, 5) is 24.2. The second-order valence-corrected chi connectivity index (χ2v) is 7.01. The van der Waals surface area contributed by atoms with E-state index in [1.54, 1.807) is 6.07 Å². The van der Waals surface area contributed by atoms with E-state index < -0.39 is 29.5 Å². The smallest absolute Gasteiger partial charge is 0.408 e. The third-order valence-corrected chi connectivity index (χ3v) is 4.32. The normalized spacial score (nSPS) is 14.3. The zero-order chi connectivity index (χ0) is 20.0. The molecule has 0 aliphatic carbocycles. The van der Waals surface area contributed by atoms with E-state index in [9.17, 15) is 19.1 Å². The molecule has 1 amide bonds. The van der Waals surface area contributed by atoms with Gasteiger partial charge in [0, 0.05) is 6.42 Å². The summed E-state index contributed by atoms with van der Waals surface area (Å²) >= 11 is 0. The number of nitrogens with one attached hydrogen (secondary N) is 1. The predicted molar refractivity (Wildman–Crippen MR) is 99.8 cm³/mol. The van der Waals surface area contributed by atoms with Gasteiger partial charge >= 0.3 is 12.1 Å². The van der Waals surface area contributed by atoms with Crippen LogP contribution in [-0.2, 0) is 16.0 Å². The molecular formula is C21H24FNO4. The van der Waals surface area contributed by atoms with Crippen molar-refractivity contribution >= 4 is 12.1 Å². The van der Waals surface area contributed by atoms with E-state index in [1.165, 1.54) is 25.1 Å². The molecule has 144 valence electrons. The number of rotatable bonds is 7. The Kier molecular flexibility index (Phi) is 6.55. The van der Waals surface area contributed by atoms with Gasteiger partial charge in [-0.2, -0.15) is 0 Å². The summed E-state index contributed by atoms with van der Waals surface area (Å²) in [5.41, 5.74) is -0.697. The summed E-state index contributed by atoms with van der Waals surface area (Å²) in [6.07, 6.45) is -1.60. The van der Waals surface area contributed by atoms with Crippen LogP contribution in [0.15, 0.2) is 54.6 Å². The van der Waals surface area contributed by atoms with Crippen molar-refractivity contribution in [2.75, 3.05) is 0 Å². The van der Waals surface area contributed by atoms with Crippen LogP contribution in [0.4, 0.5) is 9.18 Å². The van der Waals surface area contributed by atoms with Gasteiger partial charge in [0.15, 0.2) is 0 Å². The molecule has 2 aromatic carbocycles. The number of carboxylic acids is 1. The second kappa shape index (κ2) is 8.66. The number of hydrogen-bond acceptors (Lipinski definition) is 3. The summed E-state index contributed by atoms with van der Waals surface area (Å²) in [6, 6.07) is 15.1. The number of halogens is 1. The number of amides is 1. The number of aliphatic carboxylic acids is 1. The molecule has 0 fully saturated rings. The summed E-state index contributed by atoms with van der Waals surface area (Å²) in [5, 5.41) is 12.0. The largest absolute Gasteiger partial charge is 0.480 e. The fraction of sp³-hybridized carbons (Fsp3) is 0.333. The molecule has 5 nitrogen and oxygen atoms in total. The molecule has 6 heteroatoms. The topological polar surface area (TPSA) is 75.6 Å². The van der Waals surface area contributed by atoms with Crippen molar-refractivity contribution in [1.29, 1.82) is 0 Å². The fourth-order valence-corrected chi connectivity index (χ4v) is 2.80. The number of carbonyl (C=O) groups excluding carboxylic acids is 1. The molecule has 2 unspecified atom stereocenters. The Morgan fingerprint density at radius 3 is 2.26 bits per heavy atom. The molecule has 0 radical (unpaired) electrons. The standard InChI is InChI=1S/C21H24FNO4/c1-14(2)18(15-9-5-4-6-10-15)27-20(26)23-21(3,19(24)25)13-16-11-7-8-12-17(16)22/h4-12,14,18H,13H2,1-3H3,(H,23,26)(H,24,25). The Morgan fingerprint density at radius 1 is 1.11 bits per heavy atom. The van der Waals surface area contributed by atoms with Gasteiger partial charge in [-0.25, -0.2) is 14.0 Å². The number of hydrogen-bond donors (Lipinski definition) is 2. The highest BCUT2D eigenvalue weighted by Gasteiger charge is 2.37. The quantitative estimate of drug-likeness (QED) is 0.757. The lowest BCUT2D eigenvalue weighted by atomic mass is 9.92. The minimum atomic E-state index is -1.71. The highest BCUT2D eigenvalue weighted by molar-refractivity contribution is 5.84. The molecule has 0 spiro atoms. The van der Waals surface area contributed by atoms with Crippen LogP contribution in [0.2, 0.25) is 0 Å². The molecule has 0 aromatic heterocycles. The molecule has 0 saturated heterocycles. The molecule has 2 N–H and O–H groups in total. The van der Waals surface area contributed by atoms with E-state index >= 15 is 0 Å². The van der Waals surface area contributed by atoms with Crippen molar-refractivity contribution in [2.45, 2.75) is 38.8 Å². The van der Waals surface area contributed by atoms with Crippen molar-refractivity contribution in [2.24, 2.45) is 5.92 Å². The monoisotopic (exact) mass is 373 g/mol. The summed E-state index contributed by atoms with van der Waals surface area (Å²) in [7, 11) is 0. The Hall–Kier alpha value is -2.89. The van der Waals surface area contributed by atoms with Crippen LogP contribution < -0.4 is 5.32 Å². The van der Waals surface area contributed by atoms with Crippen LogP contribution in [-0.4, -0.2) is 22.7 Å². The zero-order valence-electron chi connectivity index (χ0n) is 15.6. The van der Waals surface area contributed by atoms with Gasteiger partial charge in [-0.05, 0) is 30.0 Å². The van der Waals surface area contributed by atoms with E-state index in [1.807, 2.05) is 44.2 Å². The van der Waals surface area contributed by atoms with Crippen LogP contribution in [0.1, 0.15) is 38.0 Å². The van der Waals surface area contributed by atoms with Crippen molar-refractivity contribution < 1.29 is 23.8 Å². The number of carboxylic acid groups (broad SMARTS) is 1. The molecule has 0 heterocycles. The third kappa shape index (κ3) is 5.29. The maximum atomic E-state index is 13.9. The van der Waals surface area contributed by atoms with Gasteiger partial charge in [-0.1, -0.05) is 62.4 Å². The zero-order valence-corrected chi connectivity index (χ0v) is 15.6. The van der Waals surface area contributed by atoms with E-state index in [0.717, 1.165) is 5.56 Å². The molecule has 0 aliphatic rings. The Bertz CT molecular complexity index is 794. The molecule has 0 saturated carbocycles. The van der Waals surface area contributed by atoms with Crippen LogP contribution in [0.25, 0.3) is 0 Å². The van der Waals surface area contributed by atoms with Crippen LogP contribution >= 0.6 is 0 Å². The summed E-state index contributed by atoms with van der Waals surface area (Å²) < 4.78 is 19.4. The number of benzene rings is 2. The average molecular weight is 373 g/mol. The fourth-order valence-electron chi connectivity index (χ4n) is 2.80. The maximum Gasteiger partial charge on any atom is 0.408 e. The Balaban J connectivity index is 2.16. The number of carbonyl (C=O) groups is 2. The highest BCUT2D eigenvalue weighted by atomic mass is 19.1. The molecule has 2 atom stereocenters. The van der Waals surface area contributed by atoms with Gasteiger partial charge < -0.3 is 15.2 Å². The lowest BCUT2D eigenvalue weighted by Gasteiger charge is -2.28. The van der Waals surface area contributed by atoms with Gasteiger partial charge in [-0.15, -0.1) is 0 Å². The van der Waals surface area contributed by atoms with E-state index in [-0.39, 0.29) is 17.9 Å². The lowest BCUT2D eigenvalue weighted by Crippen LogP contribution is -2.54. The molecule has 0 bridgehead atoms. The van der Waals surface area contributed by atoms with Crippen molar-refractivity contribution in [3.8, 4) is 0 Å². The number of alkyl carbamates (subject to hydrolysis) is 1. The van der Waals surface area contributed by atoms with Crippen LogP contribution in [0.5, 0.6) is 0 Å². The molecule has 27 heavy (non-hydrogen) atoms. The Labute approximate surface area is 158 Å². The first-order valence-corrected chi connectivity index (χ1v) is 8.73. The first kappa shape index (κ1) is 20.4. The van der Waals surface area contributed by atoms with Crippen LogP contribution in [0.3, 0.4) is 0 Å². The minimum absolute atomic E-state index is 0.0131. The SMILES string of the molecule is CC(C)C(OC(=O)NC(C)(Cc1ccccc1F)C(=O)O)c1ccccc1. The van der Waals surface area contributed by atoms with E-state index in [0.29, 0.717) is 0 Å². The van der Waals surface area contributed by atoms with Gasteiger partial charge in [0.2, 0.25) is 0 Å². The Morgan fingerprint density at radius 2 is 1.70 bits per heavy atom. The summed E-state index contributed by atoms with van der Waals surface area (Å²) in [5.74, 6) is -1.81. The van der Waals surface area contributed by atoms with Gasteiger partial charge in [-0.3, -0.25) is 0 Å². The van der Waals surface area contributed by atoms with Gasteiger partial charge in [0.25, 0.3) is 0 Å².